The molecule has 0 saturated carbocycles. The van der Waals surface area contributed by atoms with Gasteiger partial charge in [-0.15, -0.1) is 10.2 Å². The van der Waals surface area contributed by atoms with Gasteiger partial charge in [0, 0.05) is 24.2 Å². The number of nitrogens with one attached hydrogen (secondary N) is 1. The molecule has 1 aromatic carbocycles. The number of amides is 1. The molecule has 0 radical (unpaired) electrons. The van der Waals surface area contributed by atoms with Crippen molar-refractivity contribution in [2.24, 2.45) is 0 Å². The van der Waals surface area contributed by atoms with Gasteiger partial charge in [-0.05, 0) is 50.6 Å². The summed E-state index contributed by atoms with van der Waals surface area (Å²) in [5, 5.41) is 10.9. The first-order valence-electron chi connectivity index (χ1n) is 10.3. The molecule has 3 aromatic rings. The van der Waals surface area contributed by atoms with E-state index in [1.165, 1.54) is 17.4 Å². The van der Waals surface area contributed by atoms with Crippen molar-refractivity contribution in [2.75, 3.05) is 25.0 Å². The van der Waals surface area contributed by atoms with Crippen molar-refractivity contribution in [3.8, 4) is 0 Å². The van der Waals surface area contributed by atoms with Crippen molar-refractivity contribution >= 4 is 23.0 Å². The normalized spacial score (nSPS) is 17.4. The van der Waals surface area contributed by atoms with Crippen molar-refractivity contribution in [1.29, 1.82) is 0 Å². The minimum Gasteiger partial charge on any atom is -0.324 e. The highest BCUT2D eigenvalue weighted by molar-refractivity contribution is 6.04. The van der Waals surface area contributed by atoms with Crippen LogP contribution in [0.2, 0.25) is 0 Å². The number of Topliss-reactive ketones (excluding diaryl/α,β-unsaturated/α-hetero) is 1. The van der Waals surface area contributed by atoms with E-state index in [0.29, 0.717) is 35.8 Å². The molecule has 3 heterocycles. The lowest BCUT2D eigenvalue weighted by Crippen LogP contribution is -2.40. The van der Waals surface area contributed by atoms with E-state index in [4.69, 9.17) is 0 Å². The summed E-state index contributed by atoms with van der Waals surface area (Å²) in [5.74, 6) is -0.0988. The van der Waals surface area contributed by atoms with E-state index >= 15 is 0 Å². The zero-order valence-corrected chi connectivity index (χ0v) is 17.4. The molecular weight excluding hydrogens is 423 g/mol. The van der Waals surface area contributed by atoms with Crippen LogP contribution in [-0.2, 0) is 11.0 Å². The number of hydrogen-bond donors (Lipinski definition) is 1. The second kappa shape index (κ2) is 8.70. The van der Waals surface area contributed by atoms with Gasteiger partial charge in [-0.25, -0.2) is 0 Å². The zero-order chi connectivity index (χ0) is 22.9. The summed E-state index contributed by atoms with van der Waals surface area (Å²) >= 11 is 0. The molecule has 1 aliphatic rings. The first-order chi connectivity index (χ1) is 15.2. The number of likely N-dealkylation sites (tertiary alicyclic amines) is 1. The van der Waals surface area contributed by atoms with Crippen LogP contribution in [-0.4, -0.2) is 50.8 Å². The van der Waals surface area contributed by atoms with Gasteiger partial charge in [0.25, 0.3) is 0 Å². The Balaban J connectivity index is 1.47. The molecule has 1 aliphatic heterocycles. The Morgan fingerprint density at radius 1 is 1.16 bits per heavy atom. The van der Waals surface area contributed by atoms with Crippen LogP contribution in [0, 0.1) is 0 Å². The number of nitrogens with zero attached hydrogens (tertiary/aromatic N) is 4. The molecule has 168 valence electrons. The van der Waals surface area contributed by atoms with E-state index < -0.39 is 11.7 Å². The summed E-state index contributed by atoms with van der Waals surface area (Å²) in [6, 6.07) is 9.10. The monoisotopic (exact) mass is 445 g/mol. The van der Waals surface area contributed by atoms with Crippen molar-refractivity contribution in [1.82, 2.24) is 19.5 Å². The maximum Gasteiger partial charge on any atom is 0.417 e. The average molecular weight is 445 g/mol. The van der Waals surface area contributed by atoms with Gasteiger partial charge in [-0.2, -0.15) is 13.2 Å². The zero-order valence-electron chi connectivity index (χ0n) is 17.4. The van der Waals surface area contributed by atoms with Gasteiger partial charge in [0.15, 0.2) is 11.4 Å². The van der Waals surface area contributed by atoms with Crippen LogP contribution < -0.4 is 5.32 Å². The number of halogens is 3. The SMILES string of the molecule is CC(=O)c1ccccc1NC(=O)CN1CCCC(c2nnc3ccc(C(F)(F)F)cn23)C1. The van der Waals surface area contributed by atoms with Crippen LogP contribution >= 0.6 is 0 Å². The topological polar surface area (TPSA) is 79.6 Å². The third kappa shape index (κ3) is 4.64. The van der Waals surface area contributed by atoms with E-state index in [9.17, 15) is 22.8 Å². The Morgan fingerprint density at radius 2 is 1.94 bits per heavy atom. The summed E-state index contributed by atoms with van der Waals surface area (Å²) in [5.41, 5.74) is 0.486. The van der Waals surface area contributed by atoms with Crippen LogP contribution in [0.5, 0.6) is 0 Å². The molecule has 10 heteroatoms. The highest BCUT2D eigenvalue weighted by Gasteiger charge is 2.32. The number of benzene rings is 1. The summed E-state index contributed by atoms with van der Waals surface area (Å²) in [6.07, 6.45) is -1.92. The van der Waals surface area contributed by atoms with Gasteiger partial charge in [0.05, 0.1) is 17.8 Å². The van der Waals surface area contributed by atoms with E-state index in [1.807, 2.05) is 4.90 Å². The largest absolute Gasteiger partial charge is 0.417 e. The third-order valence-corrected chi connectivity index (χ3v) is 5.57. The summed E-state index contributed by atoms with van der Waals surface area (Å²) in [7, 11) is 0. The van der Waals surface area contributed by atoms with E-state index in [2.05, 4.69) is 15.5 Å². The molecule has 32 heavy (non-hydrogen) atoms. The predicted molar refractivity (Wildman–Crippen MR) is 111 cm³/mol. The minimum absolute atomic E-state index is 0.104. The first-order valence-corrected chi connectivity index (χ1v) is 10.3. The van der Waals surface area contributed by atoms with Gasteiger partial charge < -0.3 is 5.32 Å². The van der Waals surface area contributed by atoms with Crippen LogP contribution in [0.15, 0.2) is 42.6 Å². The number of fused-ring (bicyclic) bond motifs is 1. The summed E-state index contributed by atoms with van der Waals surface area (Å²) in [4.78, 5) is 26.3. The van der Waals surface area contributed by atoms with Gasteiger partial charge in [-0.1, -0.05) is 12.1 Å². The molecular formula is C22H22F3N5O2. The predicted octanol–water partition coefficient (Wildman–Crippen LogP) is 3.77. The number of alkyl halides is 3. The number of aromatic nitrogens is 3. The molecule has 1 saturated heterocycles. The Hall–Kier alpha value is -3.27. The third-order valence-electron chi connectivity index (χ3n) is 5.57. The van der Waals surface area contributed by atoms with Crippen molar-refractivity contribution in [3.05, 3.63) is 59.5 Å². The van der Waals surface area contributed by atoms with Crippen molar-refractivity contribution < 1.29 is 22.8 Å². The van der Waals surface area contributed by atoms with Crippen LogP contribution in [0.3, 0.4) is 0 Å². The number of para-hydroxylation sites is 1. The molecule has 1 unspecified atom stereocenters. The highest BCUT2D eigenvalue weighted by Crippen LogP contribution is 2.31. The molecule has 7 nitrogen and oxygen atoms in total. The number of pyridine rings is 1. The van der Waals surface area contributed by atoms with E-state index in [-0.39, 0.29) is 24.2 Å². The standard InChI is InChI=1S/C22H22F3N5O2/c1-14(31)17-6-2-3-7-18(17)26-20(32)13-29-10-4-5-15(11-29)21-28-27-19-9-8-16(12-30(19)21)22(23,24)25/h2-3,6-9,12,15H,4-5,10-11,13H2,1H3,(H,26,32). The molecule has 2 aromatic heterocycles. The van der Waals surface area contributed by atoms with E-state index in [0.717, 1.165) is 25.1 Å². The van der Waals surface area contributed by atoms with Crippen LogP contribution in [0.25, 0.3) is 5.65 Å². The van der Waals surface area contributed by atoms with Gasteiger partial charge in [0.1, 0.15) is 5.82 Å². The van der Waals surface area contributed by atoms with Crippen LogP contribution in [0.4, 0.5) is 18.9 Å². The van der Waals surface area contributed by atoms with Crippen molar-refractivity contribution in [2.45, 2.75) is 31.9 Å². The molecule has 0 bridgehead atoms. The molecule has 4 rings (SSSR count). The fourth-order valence-corrected chi connectivity index (χ4v) is 4.06. The average Bonchev–Trinajstić information content (AvgIpc) is 3.17. The number of anilines is 1. The van der Waals surface area contributed by atoms with Crippen LogP contribution in [0.1, 0.15) is 47.4 Å². The Bertz CT molecular complexity index is 1160. The molecule has 0 aliphatic carbocycles. The maximum atomic E-state index is 13.1. The second-order valence-electron chi connectivity index (χ2n) is 7.93. The fraction of sp³-hybridized carbons (Fsp3) is 0.364. The number of rotatable bonds is 5. The lowest BCUT2D eigenvalue weighted by Gasteiger charge is -2.31. The second-order valence-corrected chi connectivity index (χ2v) is 7.93. The molecule has 1 fully saturated rings. The van der Waals surface area contributed by atoms with E-state index in [1.54, 1.807) is 24.3 Å². The number of carbonyl (C=O) groups excluding carboxylic acids is 2. The first kappa shape index (κ1) is 21.9. The smallest absolute Gasteiger partial charge is 0.324 e. The van der Waals surface area contributed by atoms with Gasteiger partial charge >= 0.3 is 6.18 Å². The van der Waals surface area contributed by atoms with Gasteiger partial charge in [-0.3, -0.25) is 18.9 Å². The number of ketones is 1. The number of hydrogen-bond acceptors (Lipinski definition) is 5. The lowest BCUT2D eigenvalue weighted by molar-refractivity contribution is -0.137. The molecule has 0 spiro atoms. The number of piperidine rings is 1. The quantitative estimate of drug-likeness (QED) is 0.605. The minimum atomic E-state index is -4.46. The Labute approximate surface area is 182 Å². The molecule has 1 amide bonds. The highest BCUT2D eigenvalue weighted by atomic mass is 19.4. The summed E-state index contributed by atoms with van der Waals surface area (Å²) in [6.45, 7) is 2.70. The lowest BCUT2D eigenvalue weighted by atomic mass is 9.97. The fourth-order valence-electron chi connectivity index (χ4n) is 4.06. The number of carbonyl (C=O) groups is 2. The summed E-state index contributed by atoms with van der Waals surface area (Å²) < 4.78 is 40.8. The Kier molecular flexibility index (Phi) is 5.96. The van der Waals surface area contributed by atoms with Crippen molar-refractivity contribution in [3.63, 3.8) is 0 Å². The Morgan fingerprint density at radius 3 is 2.69 bits per heavy atom. The van der Waals surface area contributed by atoms with Gasteiger partial charge in [0.2, 0.25) is 5.91 Å². The molecule has 1 atom stereocenters. The maximum absolute atomic E-state index is 13.1. The molecule has 1 N–H and O–H groups in total.